The topological polar surface area (TPSA) is 58.6 Å². The van der Waals surface area contributed by atoms with E-state index in [0.717, 1.165) is 48.7 Å². The number of nitrogens with one attached hydrogen (secondary N) is 1. The highest BCUT2D eigenvalue weighted by atomic mass is 79.9. The molecule has 124 valence electrons. The highest BCUT2D eigenvalue weighted by Crippen LogP contribution is 2.32. The Labute approximate surface area is 144 Å². The number of imide groups is 1. The summed E-state index contributed by atoms with van der Waals surface area (Å²) in [4.78, 5) is 26.2. The van der Waals surface area contributed by atoms with E-state index in [2.05, 4.69) is 21.2 Å². The summed E-state index contributed by atoms with van der Waals surface area (Å²) in [6.07, 6.45) is 5.76. The molecule has 1 aromatic rings. The maximum atomic E-state index is 12.7. The number of carbonyl (C=O) groups is 2. The van der Waals surface area contributed by atoms with Crippen LogP contribution in [-0.2, 0) is 4.79 Å². The summed E-state index contributed by atoms with van der Waals surface area (Å²) in [5.74, 6) is 0.637. The van der Waals surface area contributed by atoms with Gasteiger partial charge in [0.1, 0.15) is 17.9 Å². The molecule has 1 aromatic carbocycles. The molecule has 0 radical (unpaired) electrons. The predicted molar refractivity (Wildman–Crippen MR) is 90.3 cm³/mol. The number of amides is 3. The first-order valence-corrected chi connectivity index (χ1v) is 8.92. The second-order valence-electron chi connectivity index (χ2n) is 6.19. The van der Waals surface area contributed by atoms with Crippen LogP contribution in [-0.4, -0.2) is 35.5 Å². The average Bonchev–Trinajstić information content (AvgIpc) is 2.70. The van der Waals surface area contributed by atoms with Crippen LogP contribution < -0.4 is 10.1 Å². The second kappa shape index (κ2) is 6.91. The van der Waals surface area contributed by atoms with Crippen LogP contribution in [0.2, 0.25) is 0 Å². The zero-order chi connectivity index (χ0) is 16.3. The van der Waals surface area contributed by atoms with Crippen molar-refractivity contribution in [2.45, 2.75) is 44.1 Å². The lowest BCUT2D eigenvalue weighted by molar-refractivity contribution is -0.132. The minimum atomic E-state index is -0.663. The van der Waals surface area contributed by atoms with E-state index in [0.29, 0.717) is 6.61 Å². The van der Waals surface area contributed by atoms with Gasteiger partial charge in [-0.15, -0.1) is 0 Å². The van der Waals surface area contributed by atoms with Gasteiger partial charge in [0, 0.05) is 4.47 Å². The fraction of sp³-hybridized carbons (Fsp3) is 0.529. The molecule has 6 heteroatoms. The molecule has 3 rings (SSSR count). The minimum Gasteiger partial charge on any atom is -0.492 e. The van der Waals surface area contributed by atoms with Gasteiger partial charge in [0.2, 0.25) is 0 Å². The van der Waals surface area contributed by atoms with Crippen LogP contribution in [0.1, 0.15) is 38.5 Å². The van der Waals surface area contributed by atoms with Crippen molar-refractivity contribution in [2.75, 3.05) is 13.2 Å². The Morgan fingerprint density at radius 2 is 1.91 bits per heavy atom. The molecule has 1 saturated carbocycles. The molecule has 1 aliphatic carbocycles. The van der Waals surface area contributed by atoms with Crippen LogP contribution in [0.25, 0.3) is 0 Å². The third-order valence-corrected chi connectivity index (χ3v) is 5.08. The first-order valence-electron chi connectivity index (χ1n) is 8.13. The van der Waals surface area contributed by atoms with Gasteiger partial charge in [-0.3, -0.25) is 9.69 Å². The zero-order valence-corrected chi connectivity index (χ0v) is 14.6. The number of halogens is 1. The number of benzene rings is 1. The molecule has 0 bridgehead atoms. The Balaban J connectivity index is 1.59. The second-order valence-corrected chi connectivity index (χ2v) is 7.10. The lowest BCUT2D eigenvalue weighted by atomic mass is 9.90. The van der Waals surface area contributed by atoms with Gasteiger partial charge < -0.3 is 10.1 Å². The van der Waals surface area contributed by atoms with E-state index in [1.54, 1.807) is 0 Å². The fourth-order valence-corrected chi connectivity index (χ4v) is 3.74. The molecule has 0 atom stereocenters. The molecule has 2 fully saturated rings. The van der Waals surface area contributed by atoms with Gasteiger partial charge >= 0.3 is 6.03 Å². The summed E-state index contributed by atoms with van der Waals surface area (Å²) >= 11 is 3.39. The Kier molecular flexibility index (Phi) is 4.90. The van der Waals surface area contributed by atoms with Gasteiger partial charge in [-0.1, -0.05) is 47.7 Å². The van der Waals surface area contributed by atoms with Crippen molar-refractivity contribution in [1.82, 2.24) is 10.2 Å². The number of hydrogen-bond acceptors (Lipinski definition) is 3. The van der Waals surface area contributed by atoms with Gasteiger partial charge in [0.15, 0.2) is 0 Å². The van der Waals surface area contributed by atoms with Gasteiger partial charge in [-0.2, -0.15) is 0 Å². The molecule has 1 heterocycles. The van der Waals surface area contributed by atoms with Crippen LogP contribution in [0, 0.1) is 0 Å². The fourth-order valence-electron chi connectivity index (χ4n) is 3.36. The lowest BCUT2D eigenvalue weighted by Crippen LogP contribution is -2.46. The van der Waals surface area contributed by atoms with Crippen molar-refractivity contribution < 1.29 is 14.3 Å². The van der Waals surface area contributed by atoms with Gasteiger partial charge in [0.25, 0.3) is 5.91 Å². The SMILES string of the molecule is O=C1NC2(CCCCCC2)C(=O)N1CCOc1cccc(Br)c1. The number of nitrogens with zero attached hydrogens (tertiary/aromatic N) is 1. The molecule has 3 amide bonds. The van der Waals surface area contributed by atoms with Crippen molar-refractivity contribution in [2.24, 2.45) is 0 Å². The van der Waals surface area contributed by atoms with Crippen LogP contribution in [0.15, 0.2) is 28.7 Å². The summed E-state index contributed by atoms with van der Waals surface area (Å²) in [5.41, 5.74) is -0.663. The van der Waals surface area contributed by atoms with E-state index in [1.807, 2.05) is 24.3 Å². The van der Waals surface area contributed by atoms with Crippen molar-refractivity contribution in [3.8, 4) is 5.75 Å². The third-order valence-electron chi connectivity index (χ3n) is 4.58. The standard InChI is InChI=1S/C17H21BrN2O3/c18-13-6-5-7-14(12-13)23-11-10-20-15(21)17(19-16(20)22)8-3-1-2-4-9-17/h5-7,12H,1-4,8-11H2,(H,19,22). The van der Waals surface area contributed by atoms with E-state index in [-0.39, 0.29) is 18.5 Å². The van der Waals surface area contributed by atoms with Crippen molar-refractivity contribution in [3.63, 3.8) is 0 Å². The maximum absolute atomic E-state index is 12.7. The van der Waals surface area contributed by atoms with Gasteiger partial charge in [-0.05, 0) is 31.0 Å². The third kappa shape index (κ3) is 3.52. The Morgan fingerprint density at radius 1 is 1.17 bits per heavy atom. The Hall–Kier alpha value is -1.56. The van der Waals surface area contributed by atoms with Crippen LogP contribution in [0.5, 0.6) is 5.75 Å². The number of urea groups is 1. The van der Waals surface area contributed by atoms with Crippen LogP contribution >= 0.6 is 15.9 Å². The quantitative estimate of drug-likeness (QED) is 0.813. The van der Waals surface area contributed by atoms with Gasteiger partial charge in [0.05, 0.1) is 6.54 Å². The first-order chi connectivity index (χ1) is 11.1. The largest absolute Gasteiger partial charge is 0.492 e. The summed E-state index contributed by atoms with van der Waals surface area (Å²) in [6, 6.07) is 7.23. The molecule has 1 saturated heterocycles. The Bertz CT molecular complexity index is 597. The Morgan fingerprint density at radius 3 is 2.61 bits per heavy atom. The number of rotatable bonds is 4. The van der Waals surface area contributed by atoms with Crippen molar-refractivity contribution >= 4 is 27.9 Å². The summed E-state index contributed by atoms with van der Waals surface area (Å²) in [6.45, 7) is 0.574. The lowest BCUT2D eigenvalue weighted by Gasteiger charge is -2.24. The molecular weight excluding hydrogens is 360 g/mol. The van der Waals surface area contributed by atoms with Crippen LogP contribution in [0.3, 0.4) is 0 Å². The van der Waals surface area contributed by atoms with Crippen LogP contribution in [0.4, 0.5) is 4.79 Å². The summed E-state index contributed by atoms with van der Waals surface area (Å²) in [7, 11) is 0. The average molecular weight is 381 g/mol. The predicted octanol–water partition coefficient (Wildman–Crippen LogP) is 3.47. The molecule has 0 unspecified atom stereocenters. The molecule has 1 spiro atoms. The zero-order valence-electron chi connectivity index (χ0n) is 13.0. The maximum Gasteiger partial charge on any atom is 0.325 e. The van der Waals surface area contributed by atoms with E-state index in [4.69, 9.17) is 4.74 Å². The van der Waals surface area contributed by atoms with Crippen molar-refractivity contribution in [1.29, 1.82) is 0 Å². The highest BCUT2D eigenvalue weighted by Gasteiger charge is 2.50. The van der Waals surface area contributed by atoms with E-state index >= 15 is 0 Å². The first kappa shape index (κ1) is 16.3. The normalized spacial score (nSPS) is 20.5. The summed E-state index contributed by atoms with van der Waals surface area (Å²) < 4.78 is 6.57. The van der Waals surface area contributed by atoms with E-state index in [1.165, 1.54) is 4.90 Å². The smallest absolute Gasteiger partial charge is 0.325 e. The molecule has 1 aliphatic heterocycles. The summed E-state index contributed by atoms with van der Waals surface area (Å²) in [5, 5.41) is 2.94. The number of hydrogen-bond donors (Lipinski definition) is 1. The molecule has 0 aromatic heterocycles. The van der Waals surface area contributed by atoms with Crippen molar-refractivity contribution in [3.05, 3.63) is 28.7 Å². The molecular formula is C17H21BrN2O3. The highest BCUT2D eigenvalue weighted by molar-refractivity contribution is 9.10. The molecule has 2 aliphatic rings. The van der Waals surface area contributed by atoms with E-state index < -0.39 is 5.54 Å². The number of carbonyl (C=O) groups excluding carboxylic acids is 2. The van der Waals surface area contributed by atoms with Gasteiger partial charge in [-0.25, -0.2) is 4.79 Å². The minimum absolute atomic E-state index is 0.0813. The molecule has 5 nitrogen and oxygen atoms in total. The monoisotopic (exact) mass is 380 g/mol. The van der Waals surface area contributed by atoms with E-state index in [9.17, 15) is 9.59 Å². The molecule has 23 heavy (non-hydrogen) atoms. The number of ether oxygens (including phenoxy) is 1. The molecule has 1 N–H and O–H groups in total.